The lowest BCUT2D eigenvalue weighted by Gasteiger charge is -2.43. The van der Waals surface area contributed by atoms with Gasteiger partial charge in [-0.25, -0.2) is 0 Å². The monoisotopic (exact) mass is 241 g/mol. The molecule has 1 N–H and O–H groups in total. The molecule has 1 saturated carbocycles. The van der Waals surface area contributed by atoms with Gasteiger partial charge < -0.3 is 10.0 Å². The molecular weight excluding hydrogens is 210 g/mol. The minimum absolute atomic E-state index is 0.109. The molecule has 2 heteroatoms. The number of aliphatic hydroxyl groups excluding tert-OH is 1. The van der Waals surface area contributed by atoms with E-state index in [1.807, 2.05) is 0 Å². The van der Waals surface area contributed by atoms with Gasteiger partial charge in [-0.3, -0.25) is 0 Å². The Hall–Kier alpha value is -0.0800. The second-order valence-electron chi connectivity index (χ2n) is 6.50. The molecule has 0 aromatic heterocycles. The average Bonchev–Trinajstić information content (AvgIpc) is 2.26. The Kier molecular flexibility index (Phi) is 5.46. The van der Waals surface area contributed by atoms with Crippen molar-refractivity contribution in [3.63, 3.8) is 0 Å². The molecule has 0 aromatic rings. The highest BCUT2D eigenvalue weighted by atomic mass is 16.3. The van der Waals surface area contributed by atoms with Crippen molar-refractivity contribution in [3.8, 4) is 0 Å². The number of hydrogen-bond acceptors (Lipinski definition) is 2. The molecule has 0 radical (unpaired) electrons. The zero-order chi connectivity index (χ0) is 13.1. The average molecular weight is 241 g/mol. The summed E-state index contributed by atoms with van der Waals surface area (Å²) in [6, 6.07) is 0.673. The fraction of sp³-hybridized carbons (Fsp3) is 1.00. The van der Waals surface area contributed by atoms with Crippen LogP contribution in [0.2, 0.25) is 0 Å². The summed E-state index contributed by atoms with van der Waals surface area (Å²) >= 11 is 0. The molecule has 0 heterocycles. The van der Waals surface area contributed by atoms with Crippen molar-refractivity contribution in [3.05, 3.63) is 0 Å². The summed E-state index contributed by atoms with van der Waals surface area (Å²) in [5.41, 5.74) is 0.109. The Morgan fingerprint density at radius 1 is 1.29 bits per heavy atom. The van der Waals surface area contributed by atoms with E-state index in [0.717, 1.165) is 6.54 Å². The Balaban J connectivity index is 2.55. The topological polar surface area (TPSA) is 23.5 Å². The van der Waals surface area contributed by atoms with Crippen LogP contribution in [0.5, 0.6) is 0 Å². The third kappa shape index (κ3) is 3.69. The third-order valence-corrected chi connectivity index (χ3v) is 4.73. The first-order valence-corrected chi connectivity index (χ1v) is 7.30. The quantitative estimate of drug-likeness (QED) is 0.798. The van der Waals surface area contributed by atoms with Gasteiger partial charge in [0.1, 0.15) is 0 Å². The van der Waals surface area contributed by atoms with E-state index in [1.54, 1.807) is 0 Å². The SMILES string of the molecule is CCC(CC)N(C)CC1CCCC(C)(C)C1O. The maximum absolute atomic E-state index is 10.4. The van der Waals surface area contributed by atoms with Crippen molar-refractivity contribution < 1.29 is 5.11 Å². The fourth-order valence-corrected chi connectivity index (χ4v) is 3.39. The highest BCUT2D eigenvalue weighted by Gasteiger charge is 2.38. The van der Waals surface area contributed by atoms with E-state index in [2.05, 4.69) is 39.6 Å². The summed E-state index contributed by atoms with van der Waals surface area (Å²) in [7, 11) is 2.21. The predicted molar refractivity (Wildman–Crippen MR) is 74.1 cm³/mol. The molecule has 17 heavy (non-hydrogen) atoms. The van der Waals surface area contributed by atoms with Crippen LogP contribution in [0.15, 0.2) is 0 Å². The highest BCUT2D eigenvalue weighted by molar-refractivity contribution is 4.89. The largest absolute Gasteiger partial charge is 0.392 e. The summed E-state index contributed by atoms with van der Waals surface area (Å²) in [4.78, 5) is 2.45. The highest BCUT2D eigenvalue weighted by Crippen LogP contribution is 2.39. The van der Waals surface area contributed by atoms with Gasteiger partial charge in [-0.05, 0) is 44.1 Å². The van der Waals surface area contributed by atoms with E-state index in [9.17, 15) is 5.11 Å². The first kappa shape index (κ1) is 15.0. The number of rotatable bonds is 5. The second kappa shape index (κ2) is 6.19. The molecule has 2 unspecified atom stereocenters. The lowest BCUT2D eigenvalue weighted by molar-refractivity contribution is -0.0443. The molecule has 102 valence electrons. The van der Waals surface area contributed by atoms with Crippen LogP contribution in [0.25, 0.3) is 0 Å². The van der Waals surface area contributed by atoms with Crippen LogP contribution in [0.3, 0.4) is 0 Å². The van der Waals surface area contributed by atoms with E-state index in [-0.39, 0.29) is 11.5 Å². The van der Waals surface area contributed by atoms with Gasteiger partial charge in [0, 0.05) is 12.6 Å². The van der Waals surface area contributed by atoms with Crippen LogP contribution in [0.4, 0.5) is 0 Å². The van der Waals surface area contributed by atoms with E-state index in [0.29, 0.717) is 12.0 Å². The Morgan fingerprint density at radius 3 is 2.41 bits per heavy atom. The summed E-state index contributed by atoms with van der Waals surface area (Å²) in [6.07, 6.45) is 5.91. The summed E-state index contributed by atoms with van der Waals surface area (Å²) < 4.78 is 0. The number of hydrogen-bond donors (Lipinski definition) is 1. The molecule has 2 nitrogen and oxygen atoms in total. The molecular formula is C15H31NO. The van der Waals surface area contributed by atoms with Crippen LogP contribution >= 0.6 is 0 Å². The van der Waals surface area contributed by atoms with E-state index < -0.39 is 0 Å². The van der Waals surface area contributed by atoms with Gasteiger partial charge in [0.25, 0.3) is 0 Å². The smallest absolute Gasteiger partial charge is 0.0631 e. The Labute approximate surface area is 107 Å². The minimum atomic E-state index is -0.131. The maximum atomic E-state index is 10.4. The van der Waals surface area contributed by atoms with Gasteiger partial charge in [0.15, 0.2) is 0 Å². The number of nitrogens with zero attached hydrogens (tertiary/aromatic N) is 1. The molecule has 0 aliphatic heterocycles. The van der Waals surface area contributed by atoms with E-state index in [1.165, 1.54) is 32.1 Å². The van der Waals surface area contributed by atoms with Crippen LogP contribution < -0.4 is 0 Å². The van der Waals surface area contributed by atoms with Crippen molar-refractivity contribution in [1.29, 1.82) is 0 Å². The van der Waals surface area contributed by atoms with Gasteiger partial charge in [-0.2, -0.15) is 0 Å². The summed E-state index contributed by atoms with van der Waals surface area (Å²) in [6.45, 7) is 9.98. The van der Waals surface area contributed by atoms with Crippen molar-refractivity contribution in [2.24, 2.45) is 11.3 Å². The Morgan fingerprint density at radius 2 is 1.88 bits per heavy atom. The van der Waals surface area contributed by atoms with Crippen molar-refractivity contribution in [1.82, 2.24) is 4.90 Å². The third-order valence-electron chi connectivity index (χ3n) is 4.73. The molecule has 1 fully saturated rings. The first-order valence-electron chi connectivity index (χ1n) is 7.30. The molecule has 0 bridgehead atoms. The van der Waals surface area contributed by atoms with Gasteiger partial charge >= 0.3 is 0 Å². The molecule has 1 rings (SSSR count). The zero-order valence-electron chi connectivity index (χ0n) is 12.4. The standard InChI is InChI=1S/C15H31NO/c1-6-13(7-2)16(5)11-12-9-8-10-15(3,4)14(12)17/h12-14,17H,6-11H2,1-5H3. The zero-order valence-corrected chi connectivity index (χ0v) is 12.4. The van der Waals surface area contributed by atoms with Crippen LogP contribution in [-0.4, -0.2) is 35.7 Å². The normalized spacial score (nSPS) is 28.9. The number of aliphatic hydroxyl groups is 1. The van der Waals surface area contributed by atoms with E-state index >= 15 is 0 Å². The summed E-state index contributed by atoms with van der Waals surface area (Å²) in [5, 5.41) is 10.4. The van der Waals surface area contributed by atoms with Crippen molar-refractivity contribution in [2.45, 2.75) is 71.9 Å². The molecule has 0 spiro atoms. The van der Waals surface area contributed by atoms with E-state index in [4.69, 9.17) is 0 Å². The van der Waals surface area contributed by atoms with Crippen molar-refractivity contribution in [2.75, 3.05) is 13.6 Å². The maximum Gasteiger partial charge on any atom is 0.0631 e. The van der Waals surface area contributed by atoms with Crippen LogP contribution in [0.1, 0.15) is 59.8 Å². The molecule has 0 aromatic carbocycles. The lowest BCUT2D eigenvalue weighted by Crippen LogP contribution is -2.46. The molecule has 1 aliphatic carbocycles. The van der Waals surface area contributed by atoms with Crippen molar-refractivity contribution >= 4 is 0 Å². The first-order chi connectivity index (χ1) is 7.92. The fourth-order valence-electron chi connectivity index (χ4n) is 3.39. The van der Waals surface area contributed by atoms with Crippen LogP contribution in [0, 0.1) is 11.3 Å². The molecule has 2 atom stereocenters. The molecule has 0 saturated heterocycles. The van der Waals surface area contributed by atoms with Gasteiger partial charge in [-0.1, -0.05) is 34.1 Å². The van der Waals surface area contributed by atoms with Crippen LogP contribution in [-0.2, 0) is 0 Å². The molecule has 1 aliphatic rings. The minimum Gasteiger partial charge on any atom is -0.392 e. The van der Waals surface area contributed by atoms with Gasteiger partial charge in [0.2, 0.25) is 0 Å². The Bertz CT molecular complexity index is 223. The van der Waals surface area contributed by atoms with Gasteiger partial charge in [0.05, 0.1) is 6.10 Å². The van der Waals surface area contributed by atoms with Gasteiger partial charge in [-0.15, -0.1) is 0 Å². The lowest BCUT2D eigenvalue weighted by atomic mass is 9.69. The summed E-state index contributed by atoms with van der Waals surface area (Å²) in [5.74, 6) is 0.462. The molecule has 0 amide bonds. The second-order valence-corrected chi connectivity index (χ2v) is 6.50. The predicted octanol–water partition coefficient (Wildman–Crippen LogP) is 3.29.